The second-order valence-corrected chi connectivity index (χ2v) is 11.8. The molecule has 1 amide bonds. The number of hydrogen-bond donors (Lipinski definition) is 1. The number of nitrogens with zero attached hydrogens (tertiary/aromatic N) is 3. The lowest BCUT2D eigenvalue weighted by Gasteiger charge is -2.21. The summed E-state index contributed by atoms with van der Waals surface area (Å²) in [5.74, 6) is -1.34. The number of carbonyl (C=O) groups is 1. The SMILES string of the molecule is CNC(=O)c1c(-c2ccc(F)cc2)oc2cc(N(C)S(C)(=O)=O)c(-c3cc(F)c4ncn(-c5ccccc5)c4c3)cc12. The Morgan fingerprint density at radius 1 is 0.976 bits per heavy atom. The third-order valence-corrected chi connectivity index (χ3v) is 8.35. The monoisotopic (exact) mass is 586 g/mol. The molecule has 2 aromatic heterocycles. The van der Waals surface area contributed by atoms with E-state index in [1.165, 1.54) is 56.8 Å². The van der Waals surface area contributed by atoms with Crippen molar-refractivity contribution in [2.24, 2.45) is 0 Å². The molecular weight excluding hydrogens is 562 g/mol. The number of rotatable bonds is 6. The molecule has 2 heterocycles. The number of furan rings is 1. The van der Waals surface area contributed by atoms with E-state index in [4.69, 9.17) is 4.42 Å². The normalized spacial score (nSPS) is 11.7. The largest absolute Gasteiger partial charge is 0.455 e. The molecule has 0 fully saturated rings. The summed E-state index contributed by atoms with van der Waals surface area (Å²) in [6, 6.07) is 20.9. The lowest BCUT2D eigenvalue weighted by atomic mass is 9.98. The molecule has 0 aliphatic heterocycles. The van der Waals surface area contributed by atoms with E-state index >= 15 is 4.39 Å². The summed E-state index contributed by atoms with van der Waals surface area (Å²) < 4.78 is 63.6. The number of aromatic nitrogens is 2. The zero-order chi connectivity index (χ0) is 29.8. The summed E-state index contributed by atoms with van der Waals surface area (Å²) in [6.07, 6.45) is 2.58. The van der Waals surface area contributed by atoms with Gasteiger partial charge in [-0.1, -0.05) is 18.2 Å². The van der Waals surface area contributed by atoms with E-state index < -0.39 is 27.6 Å². The van der Waals surface area contributed by atoms with Crippen LogP contribution in [-0.4, -0.2) is 44.2 Å². The van der Waals surface area contributed by atoms with Crippen molar-refractivity contribution in [2.75, 3.05) is 24.7 Å². The highest BCUT2D eigenvalue weighted by Crippen LogP contribution is 2.42. The molecule has 6 aromatic rings. The van der Waals surface area contributed by atoms with Crippen LogP contribution in [0.3, 0.4) is 0 Å². The van der Waals surface area contributed by atoms with Crippen LogP contribution < -0.4 is 9.62 Å². The Balaban J connectivity index is 1.67. The van der Waals surface area contributed by atoms with Gasteiger partial charge in [-0.05, 0) is 60.2 Å². The number of amides is 1. The van der Waals surface area contributed by atoms with E-state index in [0.717, 1.165) is 16.2 Å². The average molecular weight is 587 g/mol. The lowest BCUT2D eigenvalue weighted by Crippen LogP contribution is -2.25. The van der Waals surface area contributed by atoms with Crippen molar-refractivity contribution in [1.82, 2.24) is 14.9 Å². The molecular formula is C31H24F2N4O4S. The maximum Gasteiger partial charge on any atom is 0.255 e. The van der Waals surface area contributed by atoms with Crippen molar-refractivity contribution in [2.45, 2.75) is 0 Å². The predicted molar refractivity (Wildman–Crippen MR) is 158 cm³/mol. The minimum absolute atomic E-state index is 0.148. The number of sulfonamides is 1. The Morgan fingerprint density at radius 3 is 2.36 bits per heavy atom. The van der Waals surface area contributed by atoms with E-state index in [-0.39, 0.29) is 28.1 Å². The fraction of sp³-hybridized carbons (Fsp3) is 0.0968. The molecule has 0 radical (unpaired) electrons. The summed E-state index contributed by atoms with van der Waals surface area (Å²) in [7, 11) is -0.920. The molecule has 6 rings (SSSR count). The van der Waals surface area contributed by atoms with Crippen molar-refractivity contribution in [1.29, 1.82) is 0 Å². The van der Waals surface area contributed by atoms with Gasteiger partial charge in [0, 0.05) is 42.4 Å². The first-order valence-corrected chi connectivity index (χ1v) is 14.7. The number of halogens is 2. The van der Waals surface area contributed by atoms with Gasteiger partial charge in [0.15, 0.2) is 5.82 Å². The molecule has 0 unspecified atom stereocenters. The predicted octanol–water partition coefficient (Wildman–Crippen LogP) is 6.14. The number of benzene rings is 4. The van der Waals surface area contributed by atoms with Crippen LogP contribution in [0.25, 0.3) is 50.1 Å². The molecule has 8 nitrogen and oxygen atoms in total. The van der Waals surface area contributed by atoms with Crippen LogP contribution in [0.4, 0.5) is 14.5 Å². The summed E-state index contributed by atoms with van der Waals surface area (Å²) in [6.45, 7) is 0. The van der Waals surface area contributed by atoms with Crippen LogP contribution >= 0.6 is 0 Å². The molecule has 4 aromatic carbocycles. The van der Waals surface area contributed by atoms with Crippen LogP contribution in [0.5, 0.6) is 0 Å². The first-order chi connectivity index (χ1) is 20.1. The van der Waals surface area contributed by atoms with E-state index in [1.54, 1.807) is 16.7 Å². The maximum atomic E-state index is 15.5. The van der Waals surface area contributed by atoms with Gasteiger partial charge in [-0.2, -0.15) is 0 Å². The molecule has 0 saturated heterocycles. The number of imidazole rings is 1. The van der Waals surface area contributed by atoms with Gasteiger partial charge in [-0.25, -0.2) is 22.2 Å². The molecule has 0 bridgehead atoms. The number of nitrogens with one attached hydrogen (secondary N) is 1. The topological polar surface area (TPSA) is 97.4 Å². The third kappa shape index (κ3) is 4.57. The lowest BCUT2D eigenvalue weighted by molar-refractivity contribution is 0.0964. The van der Waals surface area contributed by atoms with Gasteiger partial charge in [-0.3, -0.25) is 13.7 Å². The summed E-state index contributed by atoms with van der Waals surface area (Å²) in [5, 5.41) is 2.97. The Morgan fingerprint density at radius 2 is 1.69 bits per heavy atom. The Hall–Kier alpha value is -5.03. The zero-order valence-corrected chi connectivity index (χ0v) is 23.5. The highest BCUT2D eigenvalue weighted by atomic mass is 32.2. The number of fused-ring (bicyclic) bond motifs is 2. The molecule has 0 aliphatic rings. The first kappa shape index (κ1) is 27.2. The molecule has 0 saturated carbocycles. The van der Waals surface area contributed by atoms with Crippen LogP contribution in [0.2, 0.25) is 0 Å². The maximum absolute atomic E-state index is 15.5. The van der Waals surface area contributed by atoms with E-state index in [2.05, 4.69) is 10.3 Å². The van der Waals surface area contributed by atoms with E-state index in [1.807, 2.05) is 30.3 Å². The number of hydrogen-bond acceptors (Lipinski definition) is 5. The van der Waals surface area contributed by atoms with Crippen LogP contribution in [0, 0.1) is 11.6 Å². The van der Waals surface area contributed by atoms with Gasteiger partial charge < -0.3 is 9.73 Å². The average Bonchev–Trinajstić information content (AvgIpc) is 3.58. The van der Waals surface area contributed by atoms with Crippen molar-refractivity contribution in [3.63, 3.8) is 0 Å². The first-order valence-electron chi connectivity index (χ1n) is 12.8. The highest BCUT2D eigenvalue weighted by Gasteiger charge is 2.26. The summed E-state index contributed by atoms with van der Waals surface area (Å²) >= 11 is 0. The third-order valence-electron chi connectivity index (χ3n) is 7.15. The Labute approximate surface area is 239 Å². The van der Waals surface area contributed by atoms with Gasteiger partial charge in [-0.15, -0.1) is 0 Å². The smallest absolute Gasteiger partial charge is 0.255 e. The van der Waals surface area contributed by atoms with Gasteiger partial charge in [0.1, 0.15) is 29.0 Å². The minimum Gasteiger partial charge on any atom is -0.455 e. The van der Waals surface area contributed by atoms with E-state index in [0.29, 0.717) is 27.6 Å². The molecule has 0 spiro atoms. The molecule has 212 valence electrons. The highest BCUT2D eigenvalue weighted by molar-refractivity contribution is 7.92. The van der Waals surface area contributed by atoms with Crippen molar-refractivity contribution in [3.05, 3.63) is 102 Å². The second-order valence-electron chi connectivity index (χ2n) is 9.76. The quantitative estimate of drug-likeness (QED) is 0.253. The molecule has 0 atom stereocenters. The summed E-state index contributed by atoms with van der Waals surface area (Å²) in [5.41, 5.74) is 3.13. The van der Waals surface area contributed by atoms with E-state index in [9.17, 15) is 17.6 Å². The standard InChI is InChI=1S/C31H24F2N4O4S/c1-34-31(38)28-23-15-22(19-13-24(33)29-26(14-19)37(17-35-29)21-7-5-4-6-8-21)25(36(2)42(3,39)40)16-27(23)41-30(28)18-9-11-20(32)12-10-18/h4-17H,1-3H3,(H,34,38). The molecule has 11 heteroatoms. The zero-order valence-electron chi connectivity index (χ0n) is 22.7. The van der Waals surface area contributed by atoms with Crippen molar-refractivity contribution < 1.29 is 26.4 Å². The van der Waals surface area contributed by atoms with Crippen molar-refractivity contribution in [3.8, 4) is 28.1 Å². The van der Waals surface area contributed by atoms with Crippen LogP contribution in [0.15, 0.2) is 89.6 Å². The van der Waals surface area contributed by atoms with Gasteiger partial charge >= 0.3 is 0 Å². The molecule has 1 N–H and O–H groups in total. The number of anilines is 1. The summed E-state index contributed by atoms with van der Waals surface area (Å²) in [4.78, 5) is 17.4. The fourth-order valence-corrected chi connectivity index (χ4v) is 5.49. The molecule has 42 heavy (non-hydrogen) atoms. The Kier molecular flexibility index (Phi) is 6.53. The van der Waals surface area contributed by atoms with Gasteiger partial charge in [0.2, 0.25) is 10.0 Å². The number of para-hydroxylation sites is 1. The Bertz CT molecular complexity index is 2100. The van der Waals surface area contributed by atoms with Crippen LogP contribution in [0.1, 0.15) is 10.4 Å². The second kappa shape index (κ2) is 10.1. The van der Waals surface area contributed by atoms with Crippen LogP contribution in [-0.2, 0) is 10.0 Å². The van der Waals surface area contributed by atoms with Crippen molar-refractivity contribution >= 4 is 43.6 Å². The molecule has 0 aliphatic carbocycles. The minimum atomic E-state index is -3.77. The fourth-order valence-electron chi connectivity index (χ4n) is 4.98. The van der Waals surface area contributed by atoms with Gasteiger partial charge in [0.05, 0.1) is 23.0 Å². The number of carbonyl (C=O) groups excluding carboxylic acids is 1. The van der Waals surface area contributed by atoms with Gasteiger partial charge in [0.25, 0.3) is 5.91 Å².